The molecule has 0 bridgehead atoms. The molecule has 31 heavy (non-hydrogen) atoms. The van der Waals surface area contributed by atoms with Gasteiger partial charge in [0.25, 0.3) is 5.91 Å². The smallest absolute Gasteiger partial charge is 0.266 e. The number of carbonyl (C=O) groups excluding carboxylic acids is 1. The first-order chi connectivity index (χ1) is 14.8. The monoisotopic (exact) mass is 413 g/mol. The molecule has 0 atom stereocenters. The van der Waals surface area contributed by atoms with Gasteiger partial charge in [-0.2, -0.15) is 5.26 Å². The number of nitriles is 1. The fraction of sp³-hybridized carbons (Fsp3) is 0.231. The minimum absolute atomic E-state index is 0.0442. The van der Waals surface area contributed by atoms with Crippen molar-refractivity contribution in [2.45, 2.75) is 34.6 Å². The Morgan fingerprint density at radius 2 is 1.90 bits per heavy atom. The number of ether oxygens (including phenoxy) is 1. The van der Waals surface area contributed by atoms with Gasteiger partial charge in [-0.25, -0.2) is 0 Å². The van der Waals surface area contributed by atoms with Crippen LogP contribution < -0.4 is 10.1 Å². The van der Waals surface area contributed by atoms with Crippen LogP contribution in [-0.4, -0.2) is 17.1 Å². The van der Waals surface area contributed by atoms with E-state index in [9.17, 15) is 10.1 Å². The van der Waals surface area contributed by atoms with Crippen molar-refractivity contribution in [2.75, 3.05) is 11.9 Å². The number of benzene rings is 2. The number of nitrogens with zero attached hydrogens (tertiary/aromatic N) is 2. The Kier molecular flexibility index (Phi) is 6.61. The van der Waals surface area contributed by atoms with Crippen molar-refractivity contribution >= 4 is 17.7 Å². The molecule has 0 saturated heterocycles. The lowest BCUT2D eigenvalue weighted by Crippen LogP contribution is -2.13. The fourth-order valence-corrected chi connectivity index (χ4v) is 3.69. The molecule has 0 aliphatic rings. The second kappa shape index (κ2) is 9.36. The summed E-state index contributed by atoms with van der Waals surface area (Å²) in [5.41, 5.74) is 6.95. The van der Waals surface area contributed by atoms with Crippen molar-refractivity contribution in [3.63, 3.8) is 0 Å². The highest BCUT2D eigenvalue weighted by Gasteiger charge is 2.15. The number of amides is 1. The molecule has 0 saturated carbocycles. The van der Waals surface area contributed by atoms with E-state index in [-0.39, 0.29) is 5.57 Å². The number of hydrogen-bond acceptors (Lipinski definition) is 3. The van der Waals surface area contributed by atoms with E-state index < -0.39 is 5.91 Å². The first kappa shape index (κ1) is 21.9. The maximum absolute atomic E-state index is 12.7. The van der Waals surface area contributed by atoms with Crippen LogP contribution in [0.4, 0.5) is 5.69 Å². The second-order valence-corrected chi connectivity index (χ2v) is 7.54. The average molecular weight is 414 g/mol. The van der Waals surface area contributed by atoms with Gasteiger partial charge in [-0.05, 0) is 76.1 Å². The first-order valence-electron chi connectivity index (χ1n) is 10.3. The summed E-state index contributed by atoms with van der Waals surface area (Å²) in [4.78, 5) is 12.7. The first-order valence-corrected chi connectivity index (χ1v) is 10.3. The summed E-state index contributed by atoms with van der Waals surface area (Å²) < 4.78 is 7.62. The predicted octanol–water partition coefficient (Wildman–Crippen LogP) is 5.66. The highest BCUT2D eigenvalue weighted by atomic mass is 16.5. The van der Waals surface area contributed by atoms with Crippen LogP contribution in [0.3, 0.4) is 0 Å². The molecule has 5 heteroatoms. The maximum Gasteiger partial charge on any atom is 0.266 e. The lowest BCUT2D eigenvalue weighted by atomic mass is 10.1. The van der Waals surface area contributed by atoms with E-state index in [1.807, 2.05) is 39.0 Å². The molecule has 1 amide bonds. The van der Waals surface area contributed by atoms with Gasteiger partial charge >= 0.3 is 0 Å². The Morgan fingerprint density at radius 1 is 1.13 bits per heavy atom. The van der Waals surface area contributed by atoms with Gasteiger partial charge in [-0.3, -0.25) is 4.79 Å². The van der Waals surface area contributed by atoms with E-state index in [0.717, 1.165) is 22.6 Å². The van der Waals surface area contributed by atoms with Gasteiger partial charge < -0.3 is 14.6 Å². The summed E-state index contributed by atoms with van der Waals surface area (Å²) in [5, 5.41) is 12.4. The zero-order valence-corrected chi connectivity index (χ0v) is 18.6. The van der Waals surface area contributed by atoms with Crippen LogP contribution in [0.25, 0.3) is 11.8 Å². The van der Waals surface area contributed by atoms with Crippen LogP contribution >= 0.6 is 0 Å². The van der Waals surface area contributed by atoms with Crippen LogP contribution in [0.1, 0.15) is 35.0 Å². The summed E-state index contributed by atoms with van der Waals surface area (Å²) in [6.07, 6.45) is 1.64. The summed E-state index contributed by atoms with van der Waals surface area (Å²) >= 11 is 0. The SMILES string of the molecule is CCOc1cccc(NC(=O)/C(C#N)=C\c2cc(C)n(-c3ccc(C)cc3C)c2C)c1. The van der Waals surface area contributed by atoms with Gasteiger partial charge in [-0.1, -0.05) is 23.8 Å². The Bertz CT molecular complexity index is 1200. The second-order valence-electron chi connectivity index (χ2n) is 7.54. The molecule has 0 fully saturated rings. The topological polar surface area (TPSA) is 67.0 Å². The van der Waals surface area contributed by atoms with Crippen LogP contribution in [0.15, 0.2) is 54.1 Å². The van der Waals surface area contributed by atoms with Crippen LogP contribution in [0.2, 0.25) is 0 Å². The van der Waals surface area contributed by atoms with Gasteiger partial charge in [0, 0.05) is 28.8 Å². The number of carbonyl (C=O) groups is 1. The van der Waals surface area contributed by atoms with Crippen molar-refractivity contribution in [1.29, 1.82) is 5.26 Å². The molecule has 0 unspecified atom stereocenters. The van der Waals surface area contributed by atoms with Gasteiger partial charge in [0.1, 0.15) is 17.4 Å². The van der Waals surface area contributed by atoms with E-state index in [1.165, 1.54) is 11.1 Å². The molecule has 0 spiro atoms. The van der Waals surface area contributed by atoms with Gasteiger partial charge in [0.15, 0.2) is 0 Å². The Balaban J connectivity index is 1.92. The minimum atomic E-state index is -0.451. The van der Waals surface area contributed by atoms with Crippen molar-refractivity contribution in [1.82, 2.24) is 4.57 Å². The molecule has 1 aromatic heterocycles. The Hall–Kier alpha value is -3.78. The predicted molar refractivity (Wildman–Crippen MR) is 125 cm³/mol. The largest absolute Gasteiger partial charge is 0.494 e. The van der Waals surface area contributed by atoms with Gasteiger partial charge in [0.05, 0.1) is 6.61 Å². The van der Waals surface area contributed by atoms with E-state index in [4.69, 9.17) is 4.74 Å². The van der Waals surface area contributed by atoms with E-state index in [2.05, 4.69) is 41.9 Å². The highest BCUT2D eigenvalue weighted by Crippen LogP contribution is 2.26. The summed E-state index contributed by atoms with van der Waals surface area (Å²) in [7, 11) is 0. The average Bonchev–Trinajstić information content (AvgIpc) is 3.00. The van der Waals surface area contributed by atoms with Crippen molar-refractivity contribution in [3.8, 4) is 17.5 Å². The van der Waals surface area contributed by atoms with Crippen LogP contribution in [0, 0.1) is 39.0 Å². The quantitative estimate of drug-likeness (QED) is 0.419. The molecule has 3 rings (SSSR count). The molecular weight excluding hydrogens is 386 g/mol. The summed E-state index contributed by atoms with van der Waals surface area (Å²) in [5.74, 6) is 0.215. The molecule has 158 valence electrons. The molecule has 5 nitrogen and oxygen atoms in total. The van der Waals surface area contributed by atoms with E-state index >= 15 is 0 Å². The van der Waals surface area contributed by atoms with Crippen molar-refractivity contribution in [2.24, 2.45) is 0 Å². The molecule has 1 heterocycles. The van der Waals surface area contributed by atoms with Gasteiger partial charge in [-0.15, -0.1) is 0 Å². The van der Waals surface area contributed by atoms with Crippen molar-refractivity contribution in [3.05, 3.63) is 82.2 Å². The molecule has 3 aromatic rings. The molecule has 0 radical (unpaired) electrons. The Labute approximate surface area is 183 Å². The molecule has 1 N–H and O–H groups in total. The molecule has 2 aromatic carbocycles. The molecular formula is C26H27N3O2. The summed E-state index contributed by atoms with van der Waals surface area (Å²) in [6, 6.07) is 17.5. The van der Waals surface area contributed by atoms with Crippen molar-refractivity contribution < 1.29 is 9.53 Å². The van der Waals surface area contributed by atoms with E-state index in [1.54, 1.807) is 24.3 Å². The third kappa shape index (κ3) is 4.87. The summed E-state index contributed by atoms with van der Waals surface area (Å²) in [6.45, 7) is 10.6. The number of nitrogens with one attached hydrogen (secondary N) is 1. The number of aryl methyl sites for hydroxylation is 3. The lowest BCUT2D eigenvalue weighted by Gasteiger charge is -2.13. The van der Waals surface area contributed by atoms with Crippen LogP contribution in [-0.2, 0) is 4.79 Å². The Morgan fingerprint density at radius 3 is 2.58 bits per heavy atom. The standard InChI is InChI=1S/C26H27N3O2/c1-6-31-24-9-7-8-23(15-24)28-26(30)22(16-27)14-21-13-19(4)29(20(21)5)25-11-10-17(2)12-18(25)3/h7-15H,6H2,1-5H3,(H,28,30)/b22-14-. The van der Waals surface area contributed by atoms with E-state index in [0.29, 0.717) is 18.0 Å². The third-order valence-corrected chi connectivity index (χ3v) is 5.13. The number of anilines is 1. The van der Waals surface area contributed by atoms with Gasteiger partial charge in [0.2, 0.25) is 0 Å². The highest BCUT2D eigenvalue weighted by molar-refractivity contribution is 6.09. The third-order valence-electron chi connectivity index (χ3n) is 5.13. The minimum Gasteiger partial charge on any atom is -0.494 e. The number of aromatic nitrogens is 1. The normalized spacial score (nSPS) is 11.2. The number of rotatable bonds is 6. The maximum atomic E-state index is 12.7. The molecule has 0 aliphatic heterocycles. The zero-order valence-electron chi connectivity index (χ0n) is 18.6. The fourth-order valence-electron chi connectivity index (χ4n) is 3.69. The molecule has 0 aliphatic carbocycles. The number of hydrogen-bond donors (Lipinski definition) is 1. The van der Waals surface area contributed by atoms with Crippen LogP contribution in [0.5, 0.6) is 5.75 Å². The lowest BCUT2D eigenvalue weighted by molar-refractivity contribution is -0.112. The zero-order chi connectivity index (χ0) is 22.5.